The Hall–Kier alpha value is -2.10. The Balaban J connectivity index is 1.84. The average molecular weight is 255 g/mol. The Morgan fingerprint density at radius 3 is 3.05 bits per heavy atom. The summed E-state index contributed by atoms with van der Waals surface area (Å²) in [5.41, 5.74) is 2.68. The first-order valence-electron chi connectivity index (χ1n) is 6.61. The molecule has 98 valence electrons. The van der Waals surface area contributed by atoms with E-state index < -0.39 is 0 Å². The molecule has 0 fully saturated rings. The van der Waals surface area contributed by atoms with Gasteiger partial charge in [0.05, 0.1) is 0 Å². The molecule has 0 bridgehead atoms. The van der Waals surface area contributed by atoms with Crippen molar-refractivity contribution in [2.45, 2.75) is 25.4 Å². The molecule has 19 heavy (non-hydrogen) atoms. The number of fused-ring (bicyclic) bond motifs is 1. The number of benzene rings is 1. The van der Waals surface area contributed by atoms with Crippen LogP contribution in [0.2, 0.25) is 0 Å². The first-order chi connectivity index (χ1) is 9.36. The van der Waals surface area contributed by atoms with E-state index in [-0.39, 0.29) is 6.10 Å². The van der Waals surface area contributed by atoms with Crippen molar-refractivity contribution in [1.82, 2.24) is 9.97 Å². The molecular weight excluding hydrogens is 238 g/mol. The van der Waals surface area contributed by atoms with Gasteiger partial charge in [-0.2, -0.15) is 0 Å². The number of anilines is 1. The van der Waals surface area contributed by atoms with Gasteiger partial charge in [0.15, 0.2) is 0 Å². The topological polar surface area (TPSA) is 47.0 Å². The molecule has 0 saturated carbocycles. The number of aromatic nitrogens is 2. The number of ether oxygens (including phenoxy) is 1. The third-order valence-electron chi connectivity index (χ3n) is 3.48. The molecule has 2 aromatic rings. The summed E-state index contributed by atoms with van der Waals surface area (Å²) >= 11 is 0. The smallest absolute Gasteiger partial charge is 0.219 e. The van der Waals surface area contributed by atoms with Gasteiger partial charge in [-0.15, -0.1) is 0 Å². The molecule has 1 aromatic carbocycles. The first kappa shape index (κ1) is 12.0. The van der Waals surface area contributed by atoms with Crippen molar-refractivity contribution in [3.05, 3.63) is 47.8 Å². The van der Waals surface area contributed by atoms with Crippen LogP contribution in [0.15, 0.2) is 36.7 Å². The first-order valence-corrected chi connectivity index (χ1v) is 6.61. The third-order valence-corrected chi connectivity index (χ3v) is 3.48. The van der Waals surface area contributed by atoms with E-state index in [2.05, 4.69) is 39.6 Å². The summed E-state index contributed by atoms with van der Waals surface area (Å²) in [7, 11) is 1.84. The predicted molar refractivity (Wildman–Crippen MR) is 74.3 cm³/mol. The van der Waals surface area contributed by atoms with Crippen LogP contribution >= 0.6 is 0 Å². The molecule has 0 spiro atoms. The van der Waals surface area contributed by atoms with Crippen LogP contribution in [-0.2, 0) is 6.42 Å². The van der Waals surface area contributed by atoms with Crippen LogP contribution in [0.4, 0.5) is 5.82 Å². The molecule has 1 unspecified atom stereocenters. The predicted octanol–water partition coefficient (Wildman–Crippen LogP) is 2.97. The summed E-state index contributed by atoms with van der Waals surface area (Å²) < 4.78 is 6.03. The standard InChI is InChI=1S/C15H17N3O/c1-16-14-9-15(18-10-17-14)19-13-8-4-6-11-5-2-3-7-12(11)13/h2-3,5,7,9-10,13H,4,6,8H2,1H3,(H,16,17,18). The molecule has 1 N–H and O–H groups in total. The fraction of sp³-hybridized carbons (Fsp3) is 0.333. The van der Waals surface area contributed by atoms with Crippen molar-refractivity contribution < 1.29 is 4.74 Å². The highest BCUT2D eigenvalue weighted by molar-refractivity contribution is 5.37. The summed E-state index contributed by atoms with van der Waals surface area (Å²) in [5, 5.41) is 2.99. The number of nitrogens with zero attached hydrogens (tertiary/aromatic N) is 2. The minimum absolute atomic E-state index is 0.101. The van der Waals surface area contributed by atoms with Gasteiger partial charge in [0, 0.05) is 13.1 Å². The summed E-state index contributed by atoms with van der Waals surface area (Å²) in [6.07, 6.45) is 4.96. The van der Waals surface area contributed by atoms with Crippen molar-refractivity contribution in [1.29, 1.82) is 0 Å². The molecule has 0 amide bonds. The van der Waals surface area contributed by atoms with Crippen molar-refractivity contribution in [3.63, 3.8) is 0 Å². The maximum atomic E-state index is 6.03. The van der Waals surface area contributed by atoms with E-state index in [1.165, 1.54) is 17.5 Å². The van der Waals surface area contributed by atoms with Crippen molar-refractivity contribution in [3.8, 4) is 5.88 Å². The average Bonchev–Trinajstić information content (AvgIpc) is 2.48. The van der Waals surface area contributed by atoms with Gasteiger partial charge in [-0.25, -0.2) is 9.97 Å². The number of rotatable bonds is 3. The normalized spacial score (nSPS) is 17.6. The zero-order valence-corrected chi connectivity index (χ0v) is 11.0. The summed E-state index contributed by atoms with van der Waals surface area (Å²) in [4.78, 5) is 8.27. The molecule has 4 heteroatoms. The summed E-state index contributed by atoms with van der Waals surface area (Å²) in [6, 6.07) is 10.3. The van der Waals surface area contributed by atoms with Crippen LogP contribution in [0.25, 0.3) is 0 Å². The van der Waals surface area contributed by atoms with Gasteiger partial charge < -0.3 is 10.1 Å². The van der Waals surface area contributed by atoms with E-state index in [1.54, 1.807) is 0 Å². The van der Waals surface area contributed by atoms with E-state index in [0.717, 1.165) is 25.1 Å². The number of hydrogen-bond acceptors (Lipinski definition) is 4. The van der Waals surface area contributed by atoms with Crippen LogP contribution in [-0.4, -0.2) is 17.0 Å². The SMILES string of the molecule is CNc1cc(OC2CCCc3ccccc32)ncn1. The monoisotopic (exact) mass is 255 g/mol. The zero-order valence-electron chi connectivity index (χ0n) is 11.0. The zero-order chi connectivity index (χ0) is 13.1. The number of nitrogens with one attached hydrogen (secondary N) is 1. The molecule has 1 aliphatic rings. The number of aryl methyl sites for hydroxylation is 1. The summed E-state index contributed by atoms with van der Waals surface area (Å²) in [6.45, 7) is 0. The highest BCUT2D eigenvalue weighted by Gasteiger charge is 2.21. The Morgan fingerprint density at radius 1 is 1.26 bits per heavy atom. The van der Waals surface area contributed by atoms with Crippen LogP contribution in [0.1, 0.15) is 30.1 Å². The molecule has 1 aromatic heterocycles. The number of hydrogen-bond donors (Lipinski definition) is 1. The van der Waals surface area contributed by atoms with E-state index in [9.17, 15) is 0 Å². The molecule has 3 rings (SSSR count). The van der Waals surface area contributed by atoms with Gasteiger partial charge in [-0.3, -0.25) is 0 Å². The maximum Gasteiger partial charge on any atom is 0.219 e. The van der Waals surface area contributed by atoms with Crippen molar-refractivity contribution in [2.75, 3.05) is 12.4 Å². The molecule has 0 aliphatic heterocycles. The molecule has 0 radical (unpaired) electrons. The van der Waals surface area contributed by atoms with E-state index in [1.807, 2.05) is 13.1 Å². The lowest BCUT2D eigenvalue weighted by Crippen LogP contribution is -2.15. The van der Waals surface area contributed by atoms with Crippen molar-refractivity contribution in [2.24, 2.45) is 0 Å². The lowest BCUT2D eigenvalue weighted by molar-refractivity contribution is 0.175. The summed E-state index contributed by atoms with van der Waals surface area (Å²) in [5.74, 6) is 1.40. The Kier molecular flexibility index (Phi) is 3.31. The van der Waals surface area contributed by atoms with Crippen LogP contribution in [0.5, 0.6) is 5.88 Å². The Labute approximate surface area is 112 Å². The fourth-order valence-corrected chi connectivity index (χ4v) is 2.52. The molecule has 4 nitrogen and oxygen atoms in total. The largest absolute Gasteiger partial charge is 0.469 e. The third kappa shape index (κ3) is 2.52. The quantitative estimate of drug-likeness (QED) is 0.916. The molecule has 1 aliphatic carbocycles. The minimum atomic E-state index is 0.101. The second kappa shape index (κ2) is 5.26. The van der Waals surface area contributed by atoms with Crippen LogP contribution in [0.3, 0.4) is 0 Å². The second-order valence-electron chi connectivity index (χ2n) is 4.69. The van der Waals surface area contributed by atoms with Gasteiger partial charge in [-0.05, 0) is 30.4 Å². The fourth-order valence-electron chi connectivity index (χ4n) is 2.52. The highest BCUT2D eigenvalue weighted by Crippen LogP contribution is 2.33. The minimum Gasteiger partial charge on any atom is -0.469 e. The van der Waals surface area contributed by atoms with Gasteiger partial charge in [0.1, 0.15) is 18.2 Å². The van der Waals surface area contributed by atoms with Gasteiger partial charge in [-0.1, -0.05) is 24.3 Å². The molecule has 0 saturated heterocycles. The van der Waals surface area contributed by atoms with Crippen molar-refractivity contribution >= 4 is 5.82 Å². The Morgan fingerprint density at radius 2 is 2.16 bits per heavy atom. The molecular formula is C15H17N3O. The Bertz CT molecular complexity index is 571. The van der Waals surface area contributed by atoms with E-state index in [0.29, 0.717) is 5.88 Å². The van der Waals surface area contributed by atoms with Crippen LogP contribution in [0, 0.1) is 0 Å². The lowest BCUT2D eigenvalue weighted by Gasteiger charge is -2.25. The van der Waals surface area contributed by atoms with E-state index in [4.69, 9.17) is 4.74 Å². The van der Waals surface area contributed by atoms with Gasteiger partial charge >= 0.3 is 0 Å². The highest BCUT2D eigenvalue weighted by atomic mass is 16.5. The lowest BCUT2D eigenvalue weighted by atomic mass is 9.89. The van der Waals surface area contributed by atoms with E-state index >= 15 is 0 Å². The van der Waals surface area contributed by atoms with Gasteiger partial charge in [0.25, 0.3) is 0 Å². The maximum absolute atomic E-state index is 6.03. The van der Waals surface area contributed by atoms with Gasteiger partial charge in [0.2, 0.25) is 5.88 Å². The molecule has 1 heterocycles. The second-order valence-corrected chi connectivity index (χ2v) is 4.69. The molecule has 1 atom stereocenters. The van der Waals surface area contributed by atoms with Crippen LogP contribution < -0.4 is 10.1 Å².